The molecular weight excluding hydrogens is 280 g/mol. The molecule has 0 unspecified atom stereocenters. The Morgan fingerprint density at radius 2 is 2.14 bits per heavy atom. The Morgan fingerprint density at radius 3 is 2.76 bits per heavy atom. The number of hydrogen-bond acceptors (Lipinski definition) is 3. The summed E-state index contributed by atoms with van der Waals surface area (Å²) in [4.78, 5) is 17.5. The van der Waals surface area contributed by atoms with Crippen LogP contribution < -0.4 is 5.32 Å². The molecule has 21 heavy (non-hydrogen) atoms. The lowest BCUT2D eigenvalue weighted by Gasteiger charge is -2.34. The first kappa shape index (κ1) is 16.5. The Morgan fingerprint density at radius 1 is 1.38 bits per heavy atom. The highest BCUT2D eigenvalue weighted by molar-refractivity contribution is 7.11. The third-order valence-electron chi connectivity index (χ3n) is 4.14. The molecule has 2 rings (SSSR count). The number of piperidine rings is 1. The molecule has 0 saturated carbocycles. The van der Waals surface area contributed by atoms with Crippen LogP contribution in [0.25, 0.3) is 0 Å². The third-order valence-corrected chi connectivity index (χ3v) is 5.20. The van der Waals surface area contributed by atoms with Crippen molar-refractivity contribution in [2.75, 3.05) is 19.6 Å². The molecule has 1 aromatic heterocycles. The summed E-state index contributed by atoms with van der Waals surface area (Å²) in [5.74, 6) is 0.358. The highest BCUT2D eigenvalue weighted by Gasteiger charge is 2.24. The Balaban J connectivity index is 1.80. The molecular formula is C17H28N2OS. The molecule has 3 nitrogen and oxygen atoms in total. The van der Waals surface area contributed by atoms with E-state index in [1.54, 1.807) is 0 Å². The van der Waals surface area contributed by atoms with Crippen molar-refractivity contribution in [1.29, 1.82) is 0 Å². The number of aryl methyl sites for hydroxylation is 2. The van der Waals surface area contributed by atoms with Gasteiger partial charge in [-0.25, -0.2) is 0 Å². The van der Waals surface area contributed by atoms with Gasteiger partial charge in [-0.1, -0.05) is 6.92 Å². The second-order valence-electron chi connectivity index (χ2n) is 5.93. The van der Waals surface area contributed by atoms with E-state index in [0.29, 0.717) is 18.4 Å². The number of carbonyl (C=O) groups excluding carboxylic acids is 1. The van der Waals surface area contributed by atoms with E-state index in [0.717, 1.165) is 51.7 Å². The number of nitrogens with zero attached hydrogens (tertiary/aromatic N) is 1. The minimum absolute atomic E-state index is 0.358. The van der Waals surface area contributed by atoms with Gasteiger partial charge in [-0.05, 0) is 64.3 Å². The fraction of sp³-hybridized carbons (Fsp3) is 0.706. The van der Waals surface area contributed by atoms with E-state index in [4.69, 9.17) is 0 Å². The number of hydrogen-bond donors (Lipinski definition) is 1. The van der Waals surface area contributed by atoms with Crippen molar-refractivity contribution < 1.29 is 4.79 Å². The SMILES string of the molecule is CCCN(C(=O)CCCc1ccc(C)s1)C1CCNCC1. The average molecular weight is 308 g/mol. The lowest BCUT2D eigenvalue weighted by Crippen LogP contribution is -2.46. The zero-order chi connectivity index (χ0) is 15.1. The number of nitrogens with one attached hydrogen (secondary N) is 1. The maximum Gasteiger partial charge on any atom is 0.222 e. The predicted octanol–water partition coefficient (Wildman–Crippen LogP) is 3.37. The standard InChI is InChI=1S/C17H28N2OS/c1-3-13-19(15-9-11-18-12-10-15)17(20)6-4-5-16-8-7-14(2)21-16/h7-8,15,18H,3-6,9-13H2,1-2H3. The molecule has 0 aromatic carbocycles. The number of amides is 1. The average Bonchev–Trinajstić information content (AvgIpc) is 2.91. The molecule has 0 spiro atoms. The highest BCUT2D eigenvalue weighted by Crippen LogP contribution is 2.19. The highest BCUT2D eigenvalue weighted by atomic mass is 32.1. The maximum atomic E-state index is 12.5. The van der Waals surface area contributed by atoms with Crippen LogP contribution in [0.1, 0.15) is 48.8 Å². The van der Waals surface area contributed by atoms with Crippen LogP contribution in [-0.2, 0) is 11.2 Å². The van der Waals surface area contributed by atoms with Crippen molar-refractivity contribution in [2.24, 2.45) is 0 Å². The minimum Gasteiger partial charge on any atom is -0.340 e. The molecule has 0 bridgehead atoms. The van der Waals surface area contributed by atoms with E-state index in [1.807, 2.05) is 11.3 Å². The second kappa shape index (κ2) is 8.54. The van der Waals surface area contributed by atoms with Crippen LogP contribution >= 0.6 is 11.3 Å². The Labute approximate surface area is 132 Å². The van der Waals surface area contributed by atoms with E-state index < -0.39 is 0 Å². The van der Waals surface area contributed by atoms with Gasteiger partial charge in [0.1, 0.15) is 0 Å². The summed E-state index contributed by atoms with van der Waals surface area (Å²) in [5.41, 5.74) is 0. The lowest BCUT2D eigenvalue weighted by atomic mass is 10.0. The second-order valence-corrected chi connectivity index (χ2v) is 7.31. The van der Waals surface area contributed by atoms with Gasteiger partial charge in [0.2, 0.25) is 5.91 Å². The van der Waals surface area contributed by atoms with E-state index in [9.17, 15) is 4.79 Å². The van der Waals surface area contributed by atoms with Gasteiger partial charge in [0.25, 0.3) is 0 Å². The molecule has 0 atom stereocenters. The Kier molecular flexibility index (Phi) is 6.71. The van der Waals surface area contributed by atoms with Crippen molar-refractivity contribution >= 4 is 17.2 Å². The molecule has 118 valence electrons. The zero-order valence-electron chi connectivity index (χ0n) is 13.4. The summed E-state index contributed by atoms with van der Waals surface area (Å²) in [6.07, 6.45) is 5.98. The number of thiophene rings is 1. The molecule has 1 N–H and O–H groups in total. The first-order chi connectivity index (χ1) is 10.2. The summed E-state index contributed by atoms with van der Waals surface area (Å²) in [6.45, 7) is 7.32. The minimum atomic E-state index is 0.358. The van der Waals surface area contributed by atoms with Crippen LogP contribution in [0.15, 0.2) is 12.1 Å². The fourth-order valence-corrected chi connectivity index (χ4v) is 3.98. The van der Waals surface area contributed by atoms with Crippen molar-refractivity contribution in [3.8, 4) is 0 Å². The fourth-order valence-electron chi connectivity index (χ4n) is 3.05. The molecule has 1 aliphatic heterocycles. The van der Waals surface area contributed by atoms with Crippen LogP contribution in [0.3, 0.4) is 0 Å². The van der Waals surface area contributed by atoms with Crippen LogP contribution in [0.2, 0.25) is 0 Å². The normalized spacial score (nSPS) is 16.1. The monoisotopic (exact) mass is 308 g/mol. The van der Waals surface area contributed by atoms with Crippen molar-refractivity contribution in [3.05, 3.63) is 21.9 Å². The summed E-state index contributed by atoms with van der Waals surface area (Å²) < 4.78 is 0. The molecule has 1 aromatic rings. The van der Waals surface area contributed by atoms with E-state index in [-0.39, 0.29) is 0 Å². The Hall–Kier alpha value is -0.870. The molecule has 0 aliphatic carbocycles. The largest absolute Gasteiger partial charge is 0.340 e. The summed E-state index contributed by atoms with van der Waals surface area (Å²) in [6, 6.07) is 4.82. The van der Waals surface area contributed by atoms with Crippen molar-refractivity contribution in [2.45, 2.75) is 58.4 Å². The molecule has 0 radical (unpaired) electrons. The molecule has 2 heterocycles. The van der Waals surface area contributed by atoms with Gasteiger partial charge in [-0.3, -0.25) is 4.79 Å². The van der Waals surface area contributed by atoms with Gasteiger partial charge >= 0.3 is 0 Å². The van der Waals surface area contributed by atoms with E-state index in [1.165, 1.54) is 9.75 Å². The zero-order valence-corrected chi connectivity index (χ0v) is 14.2. The van der Waals surface area contributed by atoms with Crippen LogP contribution in [0.4, 0.5) is 0 Å². The van der Waals surface area contributed by atoms with E-state index in [2.05, 4.69) is 36.2 Å². The number of rotatable bonds is 7. The summed E-state index contributed by atoms with van der Waals surface area (Å²) >= 11 is 1.85. The maximum absolute atomic E-state index is 12.5. The van der Waals surface area contributed by atoms with Crippen molar-refractivity contribution in [3.63, 3.8) is 0 Å². The third kappa shape index (κ3) is 5.11. The van der Waals surface area contributed by atoms with Gasteiger partial charge in [-0.15, -0.1) is 11.3 Å². The molecule has 1 amide bonds. The number of carbonyl (C=O) groups is 1. The van der Waals surface area contributed by atoms with Gasteiger partial charge in [0, 0.05) is 28.8 Å². The van der Waals surface area contributed by atoms with Gasteiger partial charge < -0.3 is 10.2 Å². The first-order valence-electron chi connectivity index (χ1n) is 8.26. The molecule has 1 saturated heterocycles. The van der Waals surface area contributed by atoms with Crippen LogP contribution in [0.5, 0.6) is 0 Å². The summed E-state index contributed by atoms with van der Waals surface area (Å²) in [7, 11) is 0. The smallest absolute Gasteiger partial charge is 0.222 e. The topological polar surface area (TPSA) is 32.3 Å². The molecule has 4 heteroatoms. The molecule has 1 aliphatic rings. The first-order valence-corrected chi connectivity index (χ1v) is 9.08. The predicted molar refractivity (Wildman–Crippen MR) is 89.9 cm³/mol. The molecule has 1 fully saturated rings. The van der Waals surface area contributed by atoms with Crippen LogP contribution in [0, 0.1) is 6.92 Å². The van der Waals surface area contributed by atoms with Crippen LogP contribution in [-0.4, -0.2) is 36.5 Å². The lowest BCUT2D eigenvalue weighted by molar-refractivity contribution is -0.134. The summed E-state index contributed by atoms with van der Waals surface area (Å²) in [5, 5.41) is 3.38. The van der Waals surface area contributed by atoms with Crippen molar-refractivity contribution in [1.82, 2.24) is 10.2 Å². The van der Waals surface area contributed by atoms with Gasteiger partial charge in [0.05, 0.1) is 0 Å². The van der Waals surface area contributed by atoms with E-state index >= 15 is 0 Å². The Bertz CT molecular complexity index is 438. The quantitative estimate of drug-likeness (QED) is 0.837. The van der Waals surface area contributed by atoms with Gasteiger partial charge in [0.15, 0.2) is 0 Å². The van der Waals surface area contributed by atoms with Gasteiger partial charge in [-0.2, -0.15) is 0 Å².